The minimum atomic E-state index is -2.05. The number of nitrogens with one attached hydrogen (secondary N) is 1. The summed E-state index contributed by atoms with van der Waals surface area (Å²) >= 11 is 3.94. The zero-order chi connectivity index (χ0) is 17.1. The van der Waals surface area contributed by atoms with E-state index >= 15 is 0 Å². The number of carbonyl (C=O) groups excluding carboxylic acids is 2. The van der Waals surface area contributed by atoms with Crippen molar-refractivity contribution in [3.63, 3.8) is 0 Å². The second kappa shape index (κ2) is 7.20. The molecule has 3 N–H and O–H groups in total. The number of carboxylic acid groups (broad SMARTS) is 1. The van der Waals surface area contributed by atoms with Gasteiger partial charge in [-0.3, -0.25) is 14.4 Å². The highest BCUT2D eigenvalue weighted by Gasteiger charge is 2.43. The van der Waals surface area contributed by atoms with Crippen molar-refractivity contribution in [3.8, 4) is 0 Å². The minimum absolute atomic E-state index is 0.0291. The Bertz CT molecular complexity index is 688. The number of rotatable bonds is 8. The molecule has 2 unspecified atom stereocenters. The molecule has 0 aliphatic heterocycles. The van der Waals surface area contributed by atoms with Gasteiger partial charge in [0, 0.05) is 17.2 Å². The zero-order valence-electron chi connectivity index (χ0n) is 11.8. The highest BCUT2D eigenvalue weighted by atomic mass is 35.5. The molecule has 124 valence electrons. The lowest BCUT2D eigenvalue weighted by atomic mass is 9.91. The van der Waals surface area contributed by atoms with Gasteiger partial charge in [0.25, 0.3) is 0 Å². The number of hydrogen-bond donors (Lipinski definition) is 3. The molecule has 0 heterocycles. The lowest BCUT2D eigenvalue weighted by Crippen LogP contribution is -2.33. The van der Waals surface area contributed by atoms with E-state index in [0.29, 0.717) is 18.5 Å². The Morgan fingerprint density at radius 3 is 2.48 bits per heavy atom. The molecule has 0 radical (unpaired) electrons. The number of anilines is 1. The first-order valence-corrected chi connectivity index (χ1v) is 8.38. The molecule has 0 saturated heterocycles. The van der Waals surface area contributed by atoms with Crippen LogP contribution in [-0.4, -0.2) is 37.3 Å². The van der Waals surface area contributed by atoms with E-state index in [2.05, 4.69) is 5.32 Å². The molecule has 1 aliphatic carbocycles. The summed E-state index contributed by atoms with van der Waals surface area (Å²) in [5.74, 6) is -5.25. The van der Waals surface area contributed by atoms with Gasteiger partial charge in [0.1, 0.15) is 5.88 Å². The second-order valence-corrected chi connectivity index (χ2v) is 6.49. The number of halogens is 1. The third kappa shape index (κ3) is 4.37. The van der Waals surface area contributed by atoms with Gasteiger partial charge in [0.2, 0.25) is 0 Å². The average Bonchev–Trinajstić information content (AvgIpc) is 3.29. The summed E-state index contributed by atoms with van der Waals surface area (Å²) in [5.41, 5.74) is 0.332. The van der Waals surface area contributed by atoms with E-state index in [1.165, 1.54) is 18.2 Å². The van der Waals surface area contributed by atoms with E-state index < -0.39 is 34.5 Å². The summed E-state index contributed by atoms with van der Waals surface area (Å²) in [6.45, 7) is 0. The number of hydrogen-bond acceptors (Lipinski definition) is 5. The number of carbonyl (C=O) groups is 3. The van der Waals surface area contributed by atoms with Crippen LogP contribution in [0.5, 0.6) is 0 Å². The Hall–Kier alpha value is -1.77. The molecule has 7 nitrogen and oxygen atoms in total. The summed E-state index contributed by atoms with van der Waals surface area (Å²) in [4.78, 5) is 35.6. The highest BCUT2D eigenvalue weighted by molar-refractivity contribution is 7.79. The maximum atomic E-state index is 12.4. The molecule has 1 saturated carbocycles. The van der Waals surface area contributed by atoms with E-state index in [1.807, 2.05) is 0 Å². The van der Waals surface area contributed by atoms with Crippen LogP contribution in [0.2, 0.25) is 5.02 Å². The van der Waals surface area contributed by atoms with Crippen LogP contribution < -0.4 is 5.32 Å². The van der Waals surface area contributed by atoms with E-state index in [9.17, 15) is 23.7 Å². The summed E-state index contributed by atoms with van der Waals surface area (Å²) < 4.78 is 19.3. The van der Waals surface area contributed by atoms with E-state index in [1.54, 1.807) is 0 Å². The maximum Gasteiger partial charge on any atom is 0.322 e. The smallest absolute Gasteiger partial charge is 0.322 e. The predicted octanol–water partition coefficient (Wildman–Crippen LogP) is 1.79. The normalized spacial score (nSPS) is 16.4. The standard InChI is InChI=1S/C14H14ClNO6S/c15-10-5-8(16-6-23(21)22)3-4-9(10)13(18)11(14(19)20)12(17)7-1-2-7/h3-5,7,11,16H,1-2,6H2,(H,19,20)(H,21,22). The number of aliphatic carboxylic acids is 1. The fourth-order valence-electron chi connectivity index (χ4n) is 2.09. The van der Waals surface area contributed by atoms with Gasteiger partial charge in [-0.25, -0.2) is 4.21 Å². The quantitative estimate of drug-likeness (QED) is 0.367. The first-order valence-electron chi connectivity index (χ1n) is 6.73. The van der Waals surface area contributed by atoms with Gasteiger partial charge >= 0.3 is 5.97 Å². The second-order valence-electron chi connectivity index (χ2n) is 5.15. The summed E-state index contributed by atoms with van der Waals surface area (Å²) in [6, 6.07) is 4.05. The van der Waals surface area contributed by atoms with Crippen molar-refractivity contribution in [2.24, 2.45) is 11.8 Å². The minimum Gasteiger partial charge on any atom is -0.480 e. The van der Waals surface area contributed by atoms with Crippen LogP contribution >= 0.6 is 11.6 Å². The molecule has 1 fully saturated rings. The number of Topliss-reactive ketones (excluding diaryl/α,β-unsaturated/α-hetero) is 2. The van der Waals surface area contributed by atoms with Crippen molar-refractivity contribution in [3.05, 3.63) is 28.8 Å². The number of ketones is 2. The van der Waals surface area contributed by atoms with Crippen LogP contribution in [-0.2, 0) is 20.7 Å². The molecule has 2 atom stereocenters. The largest absolute Gasteiger partial charge is 0.480 e. The predicted molar refractivity (Wildman–Crippen MR) is 83.9 cm³/mol. The number of benzene rings is 1. The van der Waals surface area contributed by atoms with Crippen molar-refractivity contribution in [1.29, 1.82) is 0 Å². The van der Waals surface area contributed by atoms with Gasteiger partial charge in [0.05, 0.1) is 5.02 Å². The first kappa shape index (κ1) is 17.6. The zero-order valence-corrected chi connectivity index (χ0v) is 13.4. The molecule has 1 aromatic carbocycles. The molecular formula is C14H14ClNO6S. The molecule has 0 spiro atoms. The molecule has 23 heavy (non-hydrogen) atoms. The van der Waals surface area contributed by atoms with E-state index in [0.717, 1.165) is 0 Å². The summed E-state index contributed by atoms with van der Waals surface area (Å²) in [6.07, 6.45) is 1.20. The molecule has 1 aliphatic rings. The summed E-state index contributed by atoms with van der Waals surface area (Å²) in [5, 5.41) is 11.8. The molecular weight excluding hydrogens is 346 g/mol. The van der Waals surface area contributed by atoms with Gasteiger partial charge < -0.3 is 15.0 Å². The molecule has 0 amide bonds. The van der Waals surface area contributed by atoms with Crippen LogP contribution in [0.25, 0.3) is 0 Å². The fraction of sp³-hybridized carbons (Fsp3) is 0.357. The van der Waals surface area contributed by atoms with Crippen molar-refractivity contribution in [2.75, 3.05) is 11.2 Å². The van der Waals surface area contributed by atoms with Crippen LogP contribution in [0.1, 0.15) is 23.2 Å². The van der Waals surface area contributed by atoms with E-state index in [-0.39, 0.29) is 22.4 Å². The molecule has 0 bridgehead atoms. The SMILES string of the molecule is O=C(O)C(C(=O)c1ccc(NCS(=O)O)cc1Cl)C(=O)C1CC1. The lowest BCUT2D eigenvalue weighted by molar-refractivity contribution is -0.144. The van der Waals surface area contributed by atoms with Crippen LogP contribution in [0, 0.1) is 11.8 Å². The fourth-order valence-corrected chi connectivity index (χ4v) is 2.66. The molecule has 0 aromatic heterocycles. The Morgan fingerprint density at radius 1 is 1.35 bits per heavy atom. The Balaban J connectivity index is 2.21. The van der Waals surface area contributed by atoms with Gasteiger partial charge in [0.15, 0.2) is 28.6 Å². The van der Waals surface area contributed by atoms with Crippen LogP contribution in [0.15, 0.2) is 18.2 Å². The number of carboxylic acids is 1. The Morgan fingerprint density at radius 2 is 2.00 bits per heavy atom. The third-order valence-corrected chi connectivity index (χ3v) is 4.11. The van der Waals surface area contributed by atoms with Gasteiger partial charge in [-0.15, -0.1) is 0 Å². The van der Waals surface area contributed by atoms with Crippen LogP contribution in [0.4, 0.5) is 5.69 Å². The maximum absolute atomic E-state index is 12.4. The summed E-state index contributed by atoms with van der Waals surface area (Å²) in [7, 11) is 0. The Kier molecular flexibility index (Phi) is 5.51. The molecule has 9 heteroatoms. The van der Waals surface area contributed by atoms with Gasteiger partial charge in [-0.05, 0) is 31.0 Å². The first-order chi connectivity index (χ1) is 10.8. The van der Waals surface area contributed by atoms with Gasteiger partial charge in [-0.1, -0.05) is 11.6 Å². The van der Waals surface area contributed by atoms with Crippen molar-refractivity contribution in [2.45, 2.75) is 12.8 Å². The average molecular weight is 360 g/mol. The van der Waals surface area contributed by atoms with Crippen LogP contribution in [0.3, 0.4) is 0 Å². The van der Waals surface area contributed by atoms with Crippen molar-refractivity contribution in [1.82, 2.24) is 0 Å². The van der Waals surface area contributed by atoms with E-state index in [4.69, 9.17) is 16.2 Å². The highest BCUT2D eigenvalue weighted by Crippen LogP contribution is 2.34. The third-order valence-electron chi connectivity index (χ3n) is 3.41. The topological polar surface area (TPSA) is 121 Å². The van der Waals surface area contributed by atoms with Crippen molar-refractivity contribution >= 4 is 45.9 Å². The van der Waals surface area contributed by atoms with Gasteiger partial charge in [-0.2, -0.15) is 0 Å². The molecule has 2 rings (SSSR count). The lowest BCUT2D eigenvalue weighted by Gasteiger charge is -2.12. The monoisotopic (exact) mass is 359 g/mol. The Labute approximate surface area is 139 Å². The van der Waals surface area contributed by atoms with Crippen molar-refractivity contribution < 1.29 is 28.3 Å². The molecule has 1 aromatic rings.